The molecule has 0 aliphatic heterocycles. The zero-order valence-electron chi connectivity index (χ0n) is 17.3. The minimum absolute atomic E-state index is 0.396. The average Bonchev–Trinajstić information content (AvgIpc) is 2.81. The van der Waals surface area contributed by atoms with E-state index >= 15 is 0 Å². The molecule has 0 saturated carbocycles. The molecule has 0 bridgehead atoms. The second kappa shape index (κ2) is 11.5. The molecule has 0 radical (unpaired) electrons. The van der Waals surface area contributed by atoms with Crippen molar-refractivity contribution in [3.8, 4) is 11.5 Å². The number of hydrazone groups is 1. The lowest BCUT2D eigenvalue weighted by atomic mass is 10.2. The van der Waals surface area contributed by atoms with Crippen LogP contribution in [0.4, 0.5) is 0 Å². The van der Waals surface area contributed by atoms with E-state index < -0.39 is 18.0 Å². The summed E-state index contributed by atoms with van der Waals surface area (Å²) in [4.78, 5) is 24.0. The van der Waals surface area contributed by atoms with Crippen LogP contribution >= 0.6 is 11.6 Å². The van der Waals surface area contributed by atoms with Crippen LogP contribution in [0.1, 0.15) is 18.1 Å². The number of halogens is 1. The Balaban J connectivity index is 1.46. The highest BCUT2D eigenvalue weighted by Crippen LogP contribution is 2.17. The Labute approximate surface area is 191 Å². The molecule has 0 spiro atoms. The normalized spacial score (nSPS) is 11.9. The molecule has 0 aliphatic carbocycles. The smallest absolute Gasteiger partial charge is 0.336 e. The molecule has 0 aromatic heterocycles. The second-order valence-electron chi connectivity index (χ2n) is 6.68. The maximum atomic E-state index is 12.1. The first-order valence-electron chi connectivity index (χ1n) is 9.80. The van der Waals surface area contributed by atoms with Crippen molar-refractivity contribution in [1.82, 2.24) is 5.43 Å². The number of nitrogens with one attached hydrogen (secondary N) is 1. The third-order valence-electron chi connectivity index (χ3n) is 4.19. The fourth-order valence-corrected chi connectivity index (χ4v) is 2.66. The fraction of sp³-hybridized carbons (Fsp3) is 0.0800. The van der Waals surface area contributed by atoms with Gasteiger partial charge in [-0.15, -0.1) is 0 Å². The molecule has 32 heavy (non-hydrogen) atoms. The Kier molecular flexibility index (Phi) is 8.17. The zero-order chi connectivity index (χ0) is 22.8. The number of esters is 1. The van der Waals surface area contributed by atoms with Crippen molar-refractivity contribution in [1.29, 1.82) is 0 Å². The lowest BCUT2D eigenvalue weighted by Crippen LogP contribution is -2.33. The molecule has 3 aromatic rings. The number of hydrogen-bond donors (Lipinski definition) is 1. The third-order valence-corrected chi connectivity index (χ3v) is 4.45. The van der Waals surface area contributed by atoms with Crippen LogP contribution < -0.4 is 14.9 Å². The van der Waals surface area contributed by atoms with E-state index in [1.54, 1.807) is 61.5 Å². The van der Waals surface area contributed by atoms with Crippen molar-refractivity contribution in [2.45, 2.75) is 13.0 Å². The van der Waals surface area contributed by atoms with Crippen LogP contribution in [0.5, 0.6) is 11.5 Å². The van der Waals surface area contributed by atoms with Gasteiger partial charge in [0.15, 0.2) is 6.10 Å². The minimum atomic E-state index is -0.737. The Morgan fingerprint density at radius 2 is 1.56 bits per heavy atom. The predicted molar refractivity (Wildman–Crippen MR) is 125 cm³/mol. The van der Waals surface area contributed by atoms with Crippen LogP contribution in [-0.4, -0.2) is 24.2 Å². The molecule has 7 heteroatoms. The first kappa shape index (κ1) is 22.8. The molecule has 6 nitrogen and oxygen atoms in total. The van der Waals surface area contributed by atoms with Crippen LogP contribution in [0.25, 0.3) is 6.08 Å². The summed E-state index contributed by atoms with van der Waals surface area (Å²) in [5.74, 6) is 0.0628. The van der Waals surface area contributed by atoms with Gasteiger partial charge in [0.2, 0.25) is 0 Å². The minimum Gasteiger partial charge on any atom is -0.481 e. The molecule has 0 heterocycles. The molecular weight excluding hydrogens is 428 g/mol. The largest absolute Gasteiger partial charge is 0.481 e. The van der Waals surface area contributed by atoms with Crippen LogP contribution in [0, 0.1) is 0 Å². The number of nitrogens with zero attached hydrogens (tertiary/aromatic N) is 1. The molecule has 1 amide bonds. The van der Waals surface area contributed by atoms with Crippen molar-refractivity contribution in [3.63, 3.8) is 0 Å². The standard InChI is InChI=1S/C25H21ClN2O4/c1-18(31-22-14-10-21(26)11-15-22)25(30)28-27-17-20-7-12-23(13-8-20)32-24(29)16-9-19-5-3-2-4-6-19/h2-18H,1H3,(H,28,30). The summed E-state index contributed by atoms with van der Waals surface area (Å²) in [6, 6.07) is 22.9. The molecule has 0 saturated heterocycles. The van der Waals surface area contributed by atoms with Crippen LogP contribution in [-0.2, 0) is 9.59 Å². The van der Waals surface area contributed by atoms with E-state index in [4.69, 9.17) is 21.1 Å². The lowest BCUT2D eigenvalue weighted by molar-refractivity contribution is -0.129. The highest BCUT2D eigenvalue weighted by Gasteiger charge is 2.13. The Morgan fingerprint density at radius 3 is 2.25 bits per heavy atom. The monoisotopic (exact) mass is 448 g/mol. The SMILES string of the molecule is CC(Oc1ccc(Cl)cc1)C(=O)NN=Cc1ccc(OC(=O)C=Cc2ccccc2)cc1. The lowest BCUT2D eigenvalue weighted by Gasteiger charge is -2.12. The summed E-state index contributed by atoms with van der Waals surface area (Å²) in [5.41, 5.74) is 4.05. The van der Waals surface area contributed by atoms with Crippen LogP contribution in [0.15, 0.2) is 90.0 Å². The van der Waals surface area contributed by atoms with Crippen molar-refractivity contribution >= 4 is 35.8 Å². The van der Waals surface area contributed by atoms with E-state index in [9.17, 15) is 9.59 Å². The van der Waals surface area contributed by atoms with Gasteiger partial charge in [0, 0.05) is 11.1 Å². The number of amides is 1. The van der Waals surface area contributed by atoms with Gasteiger partial charge in [-0.25, -0.2) is 10.2 Å². The predicted octanol–water partition coefficient (Wildman–Crippen LogP) is 4.88. The molecule has 162 valence electrons. The molecule has 1 N–H and O–H groups in total. The van der Waals surface area contributed by atoms with Crippen LogP contribution in [0.2, 0.25) is 5.02 Å². The van der Waals surface area contributed by atoms with Gasteiger partial charge in [0.25, 0.3) is 5.91 Å². The van der Waals surface area contributed by atoms with Gasteiger partial charge < -0.3 is 9.47 Å². The summed E-state index contributed by atoms with van der Waals surface area (Å²) in [6.07, 6.45) is 3.80. The molecule has 1 atom stereocenters. The summed E-state index contributed by atoms with van der Waals surface area (Å²) in [6.45, 7) is 1.62. The van der Waals surface area contributed by atoms with Gasteiger partial charge in [-0.2, -0.15) is 5.10 Å². The fourth-order valence-electron chi connectivity index (χ4n) is 2.53. The third kappa shape index (κ3) is 7.41. The van der Waals surface area contributed by atoms with E-state index in [1.165, 1.54) is 12.3 Å². The van der Waals surface area contributed by atoms with E-state index in [0.717, 1.165) is 11.1 Å². The number of benzene rings is 3. The summed E-state index contributed by atoms with van der Waals surface area (Å²) >= 11 is 5.83. The molecule has 3 aromatic carbocycles. The van der Waals surface area contributed by atoms with Gasteiger partial charge in [-0.1, -0.05) is 41.9 Å². The van der Waals surface area contributed by atoms with Gasteiger partial charge in [0.05, 0.1) is 6.21 Å². The topological polar surface area (TPSA) is 77.0 Å². The molecule has 0 fully saturated rings. The van der Waals surface area contributed by atoms with Crippen LogP contribution in [0.3, 0.4) is 0 Å². The zero-order valence-corrected chi connectivity index (χ0v) is 18.0. The molecule has 1 unspecified atom stereocenters. The number of ether oxygens (including phenoxy) is 2. The summed E-state index contributed by atoms with van der Waals surface area (Å²) in [5, 5.41) is 4.51. The number of hydrogen-bond acceptors (Lipinski definition) is 5. The van der Waals surface area contributed by atoms with Gasteiger partial charge in [-0.05, 0) is 72.7 Å². The van der Waals surface area contributed by atoms with Crippen molar-refractivity contribution in [2.24, 2.45) is 5.10 Å². The second-order valence-corrected chi connectivity index (χ2v) is 7.12. The van der Waals surface area contributed by atoms with E-state index in [2.05, 4.69) is 10.5 Å². The van der Waals surface area contributed by atoms with Gasteiger partial charge in [-0.3, -0.25) is 4.79 Å². The highest BCUT2D eigenvalue weighted by atomic mass is 35.5. The van der Waals surface area contributed by atoms with E-state index in [0.29, 0.717) is 16.5 Å². The Morgan fingerprint density at radius 1 is 0.906 bits per heavy atom. The number of rotatable bonds is 8. The summed E-state index contributed by atoms with van der Waals surface area (Å²) in [7, 11) is 0. The maximum absolute atomic E-state index is 12.1. The quantitative estimate of drug-likeness (QED) is 0.175. The van der Waals surface area contributed by atoms with Gasteiger partial charge >= 0.3 is 5.97 Å². The van der Waals surface area contributed by atoms with E-state index in [1.807, 2.05) is 30.3 Å². The maximum Gasteiger partial charge on any atom is 0.336 e. The molecule has 3 rings (SSSR count). The van der Waals surface area contributed by atoms with Crippen molar-refractivity contribution in [3.05, 3.63) is 101 Å². The van der Waals surface area contributed by atoms with Gasteiger partial charge in [0.1, 0.15) is 11.5 Å². The average molecular weight is 449 g/mol. The Hall–Kier alpha value is -3.90. The first-order valence-corrected chi connectivity index (χ1v) is 10.2. The van der Waals surface area contributed by atoms with E-state index in [-0.39, 0.29) is 0 Å². The van der Waals surface area contributed by atoms with Crippen molar-refractivity contribution in [2.75, 3.05) is 0 Å². The first-order chi connectivity index (χ1) is 15.5. The number of carbonyl (C=O) groups is 2. The molecule has 0 aliphatic rings. The Bertz CT molecular complexity index is 1100. The van der Waals surface area contributed by atoms with Crippen molar-refractivity contribution < 1.29 is 19.1 Å². The molecular formula is C25H21ClN2O4. The summed E-state index contributed by atoms with van der Waals surface area (Å²) < 4.78 is 10.8. The number of carbonyl (C=O) groups excluding carboxylic acids is 2. The highest BCUT2D eigenvalue weighted by molar-refractivity contribution is 6.30.